The van der Waals surface area contributed by atoms with Crippen molar-refractivity contribution in [3.05, 3.63) is 42.2 Å². The Bertz CT molecular complexity index is 666. The third kappa shape index (κ3) is 7.90. The number of unbranched alkanes of at least 4 members (excludes halogenated alkanes) is 6. The smallest absolute Gasteiger partial charge is 0.311 e. The van der Waals surface area contributed by atoms with Crippen LogP contribution in [0, 0.1) is 0 Å². The van der Waals surface area contributed by atoms with Gasteiger partial charge in [0.1, 0.15) is 5.75 Å². The fraction of sp³-hybridized carbons (Fsp3) is 0.522. The highest BCUT2D eigenvalue weighted by molar-refractivity contribution is 5.72. The predicted molar refractivity (Wildman–Crippen MR) is 110 cm³/mol. The lowest BCUT2D eigenvalue weighted by atomic mass is 10.1. The summed E-state index contributed by atoms with van der Waals surface area (Å²) in [5.74, 6) is 1.09. The first-order valence-electron chi connectivity index (χ1n) is 10.3. The molecule has 0 saturated heterocycles. The van der Waals surface area contributed by atoms with Crippen LogP contribution in [0.3, 0.4) is 0 Å². The summed E-state index contributed by atoms with van der Waals surface area (Å²) >= 11 is 0. The molecule has 0 bridgehead atoms. The number of carbonyl (C=O) groups excluding carboxylic acids is 1. The number of aromatic nitrogens is 2. The van der Waals surface area contributed by atoms with Crippen LogP contribution in [0.4, 0.5) is 0 Å². The number of ether oxygens (including phenoxy) is 1. The van der Waals surface area contributed by atoms with Crippen molar-refractivity contribution < 1.29 is 9.53 Å². The van der Waals surface area contributed by atoms with Crippen LogP contribution in [0.15, 0.2) is 36.7 Å². The molecule has 0 fully saturated rings. The third-order valence-electron chi connectivity index (χ3n) is 4.60. The maximum absolute atomic E-state index is 11.7. The van der Waals surface area contributed by atoms with Gasteiger partial charge in [0.2, 0.25) is 0 Å². The van der Waals surface area contributed by atoms with E-state index in [1.165, 1.54) is 44.1 Å². The minimum absolute atomic E-state index is 0.181. The van der Waals surface area contributed by atoms with E-state index in [1.54, 1.807) is 12.1 Å². The van der Waals surface area contributed by atoms with Gasteiger partial charge in [0.05, 0.1) is 0 Å². The Morgan fingerprint density at radius 3 is 2.15 bits per heavy atom. The van der Waals surface area contributed by atoms with Crippen molar-refractivity contribution in [3.8, 4) is 17.1 Å². The maximum atomic E-state index is 11.7. The molecule has 0 aliphatic rings. The van der Waals surface area contributed by atoms with Crippen LogP contribution in [0.25, 0.3) is 11.4 Å². The second-order valence-corrected chi connectivity index (χ2v) is 7.03. The van der Waals surface area contributed by atoms with Gasteiger partial charge in [-0.3, -0.25) is 4.79 Å². The maximum Gasteiger partial charge on any atom is 0.311 e. The van der Waals surface area contributed by atoms with E-state index >= 15 is 0 Å². The third-order valence-corrected chi connectivity index (χ3v) is 4.60. The number of nitrogens with zero attached hydrogens (tertiary/aromatic N) is 2. The lowest BCUT2D eigenvalue weighted by molar-refractivity contribution is -0.134. The van der Waals surface area contributed by atoms with Crippen molar-refractivity contribution >= 4 is 5.97 Å². The summed E-state index contributed by atoms with van der Waals surface area (Å²) in [6.07, 6.45) is 15.0. The van der Waals surface area contributed by atoms with Crippen LogP contribution in [-0.2, 0) is 11.2 Å². The van der Waals surface area contributed by atoms with Gasteiger partial charge in [-0.25, -0.2) is 9.97 Å². The zero-order chi connectivity index (χ0) is 19.3. The van der Waals surface area contributed by atoms with Gasteiger partial charge < -0.3 is 4.74 Å². The molecule has 27 heavy (non-hydrogen) atoms. The Balaban J connectivity index is 1.81. The van der Waals surface area contributed by atoms with Gasteiger partial charge in [-0.05, 0) is 49.1 Å². The molecule has 0 amide bonds. The Morgan fingerprint density at radius 1 is 0.852 bits per heavy atom. The average molecular weight is 369 g/mol. The summed E-state index contributed by atoms with van der Waals surface area (Å²) in [4.78, 5) is 20.7. The quantitative estimate of drug-likeness (QED) is 0.256. The fourth-order valence-electron chi connectivity index (χ4n) is 2.92. The van der Waals surface area contributed by atoms with Crippen molar-refractivity contribution in [1.82, 2.24) is 9.97 Å². The first kappa shape index (κ1) is 21.1. The lowest BCUT2D eigenvalue weighted by Gasteiger charge is -2.06. The Kier molecular flexibility index (Phi) is 9.53. The van der Waals surface area contributed by atoms with Crippen LogP contribution >= 0.6 is 0 Å². The Labute approximate surface area is 163 Å². The minimum Gasteiger partial charge on any atom is -0.427 e. The molecule has 0 aliphatic heterocycles. The van der Waals surface area contributed by atoms with Gasteiger partial charge in [-0.1, -0.05) is 52.4 Å². The minimum atomic E-state index is -0.181. The van der Waals surface area contributed by atoms with E-state index in [2.05, 4.69) is 23.8 Å². The SMILES string of the molecule is CCCCCCCCc1cnc(-c2ccc(OC(=O)CCCC)cc2)nc1. The van der Waals surface area contributed by atoms with Crippen molar-refractivity contribution in [1.29, 1.82) is 0 Å². The van der Waals surface area contributed by atoms with Gasteiger partial charge >= 0.3 is 5.97 Å². The molecule has 4 nitrogen and oxygen atoms in total. The highest BCUT2D eigenvalue weighted by Crippen LogP contribution is 2.20. The first-order chi connectivity index (χ1) is 13.2. The van der Waals surface area contributed by atoms with Crippen LogP contribution in [0.2, 0.25) is 0 Å². The van der Waals surface area contributed by atoms with Gasteiger partial charge in [-0.2, -0.15) is 0 Å². The van der Waals surface area contributed by atoms with E-state index in [4.69, 9.17) is 4.74 Å². The number of esters is 1. The monoisotopic (exact) mass is 368 g/mol. The molecule has 0 N–H and O–H groups in total. The van der Waals surface area contributed by atoms with Crippen molar-refractivity contribution in [2.24, 2.45) is 0 Å². The summed E-state index contributed by atoms with van der Waals surface area (Å²) in [6.45, 7) is 4.30. The van der Waals surface area contributed by atoms with E-state index in [-0.39, 0.29) is 5.97 Å². The zero-order valence-corrected chi connectivity index (χ0v) is 16.7. The Hall–Kier alpha value is -2.23. The number of aryl methyl sites for hydroxylation is 1. The standard InChI is InChI=1S/C23H32N2O2/c1-3-5-7-8-9-10-11-19-17-24-23(25-18-19)20-13-15-21(16-14-20)27-22(26)12-6-4-2/h13-18H,3-12H2,1-2H3. The predicted octanol–water partition coefficient (Wildman–Crippen LogP) is 6.14. The molecule has 4 heteroatoms. The van der Waals surface area contributed by atoms with Crippen LogP contribution in [0.5, 0.6) is 5.75 Å². The lowest BCUT2D eigenvalue weighted by Crippen LogP contribution is -2.07. The molecule has 0 atom stereocenters. The molecule has 1 heterocycles. The second kappa shape index (κ2) is 12.2. The first-order valence-corrected chi connectivity index (χ1v) is 10.3. The summed E-state index contributed by atoms with van der Waals surface area (Å²) in [7, 11) is 0. The van der Waals surface area contributed by atoms with Crippen LogP contribution in [-0.4, -0.2) is 15.9 Å². The molecule has 0 saturated carbocycles. The summed E-state index contributed by atoms with van der Waals surface area (Å²) in [6, 6.07) is 7.38. The average Bonchev–Trinajstić information content (AvgIpc) is 2.70. The second-order valence-electron chi connectivity index (χ2n) is 7.03. The molecule has 0 radical (unpaired) electrons. The molecule has 146 valence electrons. The molecule has 2 aromatic rings. The number of hydrogen-bond acceptors (Lipinski definition) is 4. The number of rotatable bonds is 12. The topological polar surface area (TPSA) is 52.1 Å². The van der Waals surface area contributed by atoms with E-state index < -0.39 is 0 Å². The highest BCUT2D eigenvalue weighted by Gasteiger charge is 2.06. The molecule has 0 aliphatic carbocycles. The van der Waals surface area contributed by atoms with E-state index in [9.17, 15) is 4.79 Å². The van der Waals surface area contributed by atoms with Crippen LogP contribution in [0.1, 0.15) is 77.2 Å². The van der Waals surface area contributed by atoms with Gasteiger partial charge in [0, 0.05) is 24.4 Å². The molecule has 1 aromatic carbocycles. The van der Waals surface area contributed by atoms with E-state index in [0.29, 0.717) is 18.0 Å². The summed E-state index contributed by atoms with van der Waals surface area (Å²) in [5, 5.41) is 0. The normalized spacial score (nSPS) is 10.7. The van der Waals surface area contributed by atoms with Gasteiger partial charge in [0.15, 0.2) is 5.82 Å². The van der Waals surface area contributed by atoms with Crippen molar-refractivity contribution in [2.75, 3.05) is 0 Å². The van der Waals surface area contributed by atoms with E-state index in [1.807, 2.05) is 24.5 Å². The molecule has 1 aromatic heterocycles. The Morgan fingerprint density at radius 2 is 1.48 bits per heavy atom. The van der Waals surface area contributed by atoms with Crippen LogP contribution < -0.4 is 4.74 Å². The number of benzene rings is 1. The molecule has 0 spiro atoms. The molecule has 0 unspecified atom stereocenters. The molecular formula is C23H32N2O2. The summed E-state index contributed by atoms with van der Waals surface area (Å²) < 4.78 is 5.33. The van der Waals surface area contributed by atoms with E-state index in [0.717, 1.165) is 24.8 Å². The summed E-state index contributed by atoms with van der Waals surface area (Å²) in [5.41, 5.74) is 2.12. The van der Waals surface area contributed by atoms with Crippen molar-refractivity contribution in [3.63, 3.8) is 0 Å². The fourth-order valence-corrected chi connectivity index (χ4v) is 2.92. The zero-order valence-electron chi connectivity index (χ0n) is 16.7. The largest absolute Gasteiger partial charge is 0.427 e. The van der Waals surface area contributed by atoms with Gasteiger partial charge in [-0.15, -0.1) is 0 Å². The van der Waals surface area contributed by atoms with Gasteiger partial charge in [0.25, 0.3) is 0 Å². The highest BCUT2D eigenvalue weighted by atomic mass is 16.5. The van der Waals surface area contributed by atoms with Crippen molar-refractivity contribution in [2.45, 2.75) is 78.1 Å². The number of carbonyl (C=O) groups is 1. The molecular weight excluding hydrogens is 336 g/mol. The number of hydrogen-bond donors (Lipinski definition) is 0. The molecule has 2 rings (SSSR count).